The minimum absolute atomic E-state index is 0.0492. The number of para-hydroxylation sites is 1. The third-order valence-electron chi connectivity index (χ3n) is 9.23. The minimum Gasteiger partial charge on any atom is -0.505 e. The van der Waals surface area contributed by atoms with Gasteiger partial charge in [0.25, 0.3) is 5.56 Å². The van der Waals surface area contributed by atoms with E-state index in [0.717, 1.165) is 10.6 Å². The van der Waals surface area contributed by atoms with Gasteiger partial charge in [-0.1, -0.05) is 18.2 Å². The van der Waals surface area contributed by atoms with Crippen LogP contribution in [0, 0.1) is 5.82 Å². The van der Waals surface area contributed by atoms with Gasteiger partial charge in [0.05, 0.1) is 41.4 Å². The summed E-state index contributed by atoms with van der Waals surface area (Å²) in [5.41, 5.74) is 0.141. The lowest BCUT2D eigenvalue weighted by Crippen LogP contribution is -2.40. The number of methoxy groups -OCH3 is 2. The Kier molecular flexibility index (Phi) is 7.60. The number of carbonyl (C=O) groups is 2. The number of allylic oxidation sites excluding steroid dienone is 6. The van der Waals surface area contributed by atoms with E-state index in [1.54, 1.807) is 47.8 Å². The lowest BCUT2D eigenvalue weighted by Gasteiger charge is -2.39. The summed E-state index contributed by atoms with van der Waals surface area (Å²) in [6.45, 7) is -0.233. The number of hydrogen-bond donors (Lipinski definition) is 1. The largest absolute Gasteiger partial charge is 0.505 e. The number of fused-ring (bicyclic) bond motifs is 4. The summed E-state index contributed by atoms with van der Waals surface area (Å²) in [5, 5.41) is 10.8. The number of Topliss-reactive ketones (excluding diaryl/α,β-unsaturated/α-hetero) is 1. The summed E-state index contributed by atoms with van der Waals surface area (Å²) in [6, 6.07) is 6.33. The highest BCUT2D eigenvalue weighted by molar-refractivity contribution is 14.1. The number of ether oxygens (including phenoxy) is 2. The highest BCUT2D eigenvalue weighted by atomic mass is 127. The van der Waals surface area contributed by atoms with Crippen LogP contribution in [0.3, 0.4) is 0 Å². The van der Waals surface area contributed by atoms with Gasteiger partial charge in [0.15, 0.2) is 34.6 Å². The zero-order valence-corrected chi connectivity index (χ0v) is 28.0. The molecule has 246 valence electrons. The fourth-order valence-electron chi connectivity index (χ4n) is 6.92. The predicted molar refractivity (Wildman–Crippen MR) is 178 cm³/mol. The maximum Gasteiger partial charge on any atom is 0.347 e. The van der Waals surface area contributed by atoms with Crippen molar-refractivity contribution >= 4 is 45.2 Å². The number of halogens is 2. The molecule has 0 saturated carbocycles. The first-order valence-corrected chi connectivity index (χ1v) is 15.9. The van der Waals surface area contributed by atoms with E-state index in [4.69, 9.17) is 9.47 Å². The molecule has 2 aliphatic carbocycles. The van der Waals surface area contributed by atoms with Gasteiger partial charge in [0.2, 0.25) is 0 Å². The van der Waals surface area contributed by atoms with E-state index in [0.29, 0.717) is 28.1 Å². The molecule has 4 aromatic rings. The monoisotopic (exact) mass is 767 g/mol. The Balaban J connectivity index is 1.30. The van der Waals surface area contributed by atoms with Gasteiger partial charge in [-0.2, -0.15) is 0 Å². The average molecular weight is 768 g/mol. The van der Waals surface area contributed by atoms with Crippen molar-refractivity contribution in [1.82, 2.24) is 23.5 Å². The van der Waals surface area contributed by atoms with Crippen LogP contribution >= 0.6 is 22.6 Å². The van der Waals surface area contributed by atoms with Crippen LogP contribution in [0.2, 0.25) is 0 Å². The highest BCUT2D eigenvalue weighted by Crippen LogP contribution is 2.52. The number of nitrogens with zero attached hydrogens (tertiary/aromatic N) is 5. The number of rotatable bonds is 6. The van der Waals surface area contributed by atoms with Gasteiger partial charge in [0.1, 0.15) is 5.69 Å². The summed E-state index contributed by atoms with van der Waals surface area (Å²) >= 11 is 1.78. The maximum atomic E-state index is 14.6. The topological polar surface area (TPSA) is 157 Å². The molecule has 15 heteroatoms. The molecule has 2 aromatic carbocycles. The summed E-state index contributed by atoms with van der Waals surface area (Å²) in [6.07, 6.45) is 2.78. The van der Waals surface area contributed by atoms with Crippen LogP contribution in [-0.4, -0.2) is 54.4 Å². The fourth-order valence-corrected chi connectivity index (χ4v) is 7.49. The van der Waals surface area contributed by atoms with E-state index in [2.05, 4.69) is 4.98 Å². The van der Waals surface area contributed by atoms with E-state index in [1.807, 2.05) is 0 Å². The molecule has 0 radical (unpaired) electrons. The Morgan fingerprint density at radius 2 is 1.79 bits per heavy atom. The van der Waals surface area contributed by atoms with Gasteiger partial charge in [-0.05, 0) is 34.2 Å². The second-order valence-electron chi connectivity index (χ2n) is 11.6. The van der Waals surface area contributed by atoms with Gasteiger partial charge in [0, 0.05) is 67.3 Å². The van der Waals surface area contributed by atoms with Gasteiger partial charge in [-0.25, -0.2) is 32.9 Å². The van der Waals surface area contributed by atoms with Crippen molar-refractivity contribution in [2.45, 2.75) is 37.9 Å². The van der Waals surface area contributed by atoms with Crippen LogP contribution < -0.4 is 26.4 Å². The summed E-state index contributed by atoms with van der Waals surface area (Å²) in [7, 11) is 4.54. The predicted octanol–water partition coefficient (Wildman–Crippen LogP) is 2.60. The van der Waals surface area contributed by atoms with E-state index in [-0.39, 0.29) is 51.9 Å². The molecular formula is C33H27FIN5O8. The smallest absolute Gasteiger partial charge is 0.347 e. The molecule has 0 bridgehead atoms. The highest BCUT2D eigenvalue weighted by Gasteiger charge is 2.46. The van der Waals surface area contributed by atoms with E-state index in [1.165, 1.54) is 46.4 Å². The van der Waals surface area contributed by atoms with Gasteiger partial charge in [-0.15, -0.1) is 0 Å². The number of phenols is 1. The molecule has 2 atom stereocenters. The Morgan fingerprint density at radius 3 is 2.52 bits per heavy atom. The fraction of sp³-hybridized carbons (Fsp3) is 0.273. The molecule has 1 aliphatic heterocycles. The third-order valence-corrected chi connectivity index (χ3v) is 10.0. The second-order valence-corrected chi connectivity index (χ2v) is 12.8. The first-order chi connectivity index (χ1) is 23.0. The standard InChI is InChI=1S/C33H27FIN5O8/c1-37-23-14-26(48-3)25(47-2)13-21(23)36-20(31(37)44)8-9-38-32(45)39-10-7-15-22(40(39)33(38)46)11-17-24(41)12-19(35)30(43)28(17)27(15)16-5-4-6-18(34)29(16)42/h4-7,12-14,22,27,42H,8-11H2,1-3H3. The average Bonchev–Trinajstić information content (AvgIpc) is 3.32. The van der Waals surface area contributed by atoms with Gasteiger partial charge >= 0.3 is 11.4 Å². The van der Waals surface area contributed by atoms with Crippen molar-refractivity contribution in [2.75, 3.05) is 14.2 Å². The molecule has 0 spiro atoms. The van der Waals surface area contributed by atoms with Crippen molar-refractivity contribution in [3.8, 4) is 17.2 Å². The Bertz CT molecular complexity index is 2400. The number of benzene rings is 2. The summed E-state index contributed by atoms with van der Waals surface area (Å²) in [5.74, 6) is -2.64. The van der Waals surface area contributed by atoms with Crippen molar-refractivity contribution in [3.05, 3.63) is 111 Å². The minimum atomic E-state index is -1.04. The second kappa shape index (κ2) is 11.6. The van der Waals surface area contributed by atoms with E-state index >= 15 is 0 Å². The molecule has 7 rings (SSSR count). The molecule has 0 amide bonds. The zero-order chi connectivity index (χ0) is 34.2. The molecule has 2 unspecified atom stereocenters. The van der Waals surface area contributed by atoms with Crippen LogP contribution in [0.1, 0.15) is 29.6 Å². The molecule has 13 nitrogen and oxygen atoms in total. The molecule has 0 saturated heterocycles. The van der Waals surface area contributed by atoms with E-state index in [9.17, 15) is 33.5 Å². The number of aromatic hydroxyl groups is 1. The first-order valence-electron chi connectivity index (χ1n) is 14.9. The Labute approximate surface area is 283 Å². The van der Waals surface area contributed by atoms with Gasteiger partial charge < -0.3 is 19.1 Å². The van der Waals surface area contributed by atoms with E-state index < -0.39 is 52.0 Å². The molecule has 0 fully saturated rings. The van der Waals surface area contributed by atoms with Gasteiger partial charge in [-0.3, -0.25) is 14.4 Å². The SMILES string of the molecule is COc1cc2nc(CCn3c(=O)n4n(c3=O)C3CC5=C(C(=O)C(I)=CC5=O)C(c5cccc(F)c5O)C3=CC4)c(=O)n(C)c2cc1OC. The summed E-state index contributed by atoms with van der Waals surface area (Å²) in [4.78, 5) is 72.2. The normalized spacial score (nSPS) is 18.7. The number of phenolic OH excluding ortho intramolecular Hbond substituents is 1. The molecule has 2 aromatic heterocycles. The molecule has 3 heterocycles. The third kappa shape index (κ3) is 4.62. The van der Waals surface area contributed by atoms with Crippen LogP contribution in [0.5, 0.6) is 17.2 Å². The maximum absolute atomic E-state index is 14.6. The number of hydrogen-bond acceptors (Lipinski definition) is 9. The number of aromatic nitrogens is 5. The molecule has 3 aliphatic rings. The van der Waals surface area contributed by atoms with Crippen molar-refractivity contribution < 1.29 is 28.6 Å². The molecule has 1 N–H and O–H groups in total. The number of aryl methyl sites for hydroxylation is 2. The Hall–Kier alpha value is -5.06. The number of ketones is 2. The van der Waals surface area contributed by atoms with Crippen LogP contribution in [0.4, 0.5) is 4.39 Å². The van der Waals surface area contributed by atoms with Crippen molar-refractivity contribution in [3.63, 3.8) is 0 Å². The van der Waals surface area contributed by atoms with Crippen LogP contribution in [0.25, 0.3) is 11.0 Å². The Morgan fingerprint density at radius 1 is 1.06 bits per heavy atom. The van der Waals surface area contributed by atoms with Crippen molar-refractivity contribution in [1.29, 1.82) is 0 Å². The quantitative estimate of drug-likeness (QED) is 0.177. The van der Waals surface area contributed by atoms with Crippen LogP contribution in [-0.2, 0) is 36.1 Å². The number of carbonyl (C=O) groups excluding carboxylic acids is 2. The zero-order valence-electron chi connectivity index (χ0n) is 25.8. The van der Waals surface area contributed by atoms with Crippen molar-refractivity contribution in [2.24, 2.45) is 7.05 Å². The molecular weight excluding hydrogens is 740 g/mol. The molecule has 48 heavy (non-hydrogen) atoms. The lowest BCUT2D eigenvalue weighted by atomic mass is 9.68. The first kappa shape index (κ1) is 31.5. The van der Waals surface area contributed by atoms with Crippen LogP contribution in [0.15, 0.2) is 77.2 Å². The summed E-state index contributed by atoms with van der Waals surface area (Å²) < 4.78 is 30.4. The lowest BCUT2D eigenvalue weighted by molar-refractivity contribution is -0.115.